The maximum Gasteiger partial charge on any atom is 0.387 e. The van der Waals surface area contributed by atoms with Crippen LogP contribution in [-0.2, 0) is 11.2 Å². The number of alkyl halides is 2. The largest absolute Gasteiger partial charge is 0.493 e. The van der Waals surface area contributed by atoms with E-state index < -0.39 is 6.61 Å². The summed E-state index contributed by atoms with van der Waals surface area (Å²) in [5.74, 6) is -0.343. The second-order valence-electron chi connectivity index (χ2n) is 5.34. The molecule has 2 aromatic carbocycles. The molecule has 1 aliphatic rings. The summed E-state index contributed by atoms with van der Waals surface area (Å²) in [7, 11) is 1.37. The van der Waals surface area contributed by atoms with E-state index in [0.29, 0.717) is 17.1 Å². The molecule has 126 valence electrons. The van der Waals surface area contributed by atoms with Crippen LogP contribution in [0.4, 0.5) is 14.5 Å². The predicted molar refractivity (Wildman–Crippen MR) is 86.2 cm³/mol. The maximum absolute atomic E-state index is 12.4. The number of halogens is 3. The summed E-state index contributed by atoms with van der Waals surface area (Å²) in [6.07, 6.45) is 0.409. The molecule has 1 aliphatic heterocycles. The van der Waals surface area contributed by atoms with Gasteiger partial charge in [-0.1, -0.05) is 23.7 Å². The van der Waals surface area contributed by atoms with E-state index in [1.54, 1.807) is 24.3 Å². The van der Waals surface area contributed by atoms with Gasteiger partial charge in [0.25, 0.3) is 0 Å². The molecule has 2 aromatic rings. The standard InChI is InChI=1S/C17H14ClF2NO3/c1-23-15-7-9(2-5-14(15)24-17(19)20)6-12-11-4-3-10(18)8-13(11)21-16(12)22/h2-5,7-8,12,17H,6H2,1H3,(H,21,22)/t12-/m0/s1. The van der Waals surface area contributed by atoms with Gasteiger partial charge in [0, 0.05) is 10.7 Å². The first-order valence-corrected chi connectivity index (χ1v) is 7.57. The van der Waals surface area contributed by atoms with E-state index in [2.05, 4.69) is 10.1 Å². The molecule has 0 spiro atoms. The molecule has 1 atom stereocenters. The minimum absolute atomic E-state index is 0.0423. The average Bonchev–Trinajstić information content (AvgIpc) is 2.83. The van der Waals surface area contributed by atoms with Crippen LogP contribution in [0.5, 0.6) is 11.5 Å². The fourth-order valence-electron chi connectivity index (χ4n) is 2.77. The van der Waals surface area contributed by atoms with Gasteiger partial charge in [-0.05, 0) is 41.8 Å². The highest BCUT2D eigenvalue weighted by Gasteiger charge is 2.30. The Kier molecular flexibility index (Phi) is 4.57. The van der Waals surface area contributed by atoms with Crippen molar-refractivity contribution in [1.29, 1.82) is 0 Å². The minimum atomic E-state index is -2.93. The fraction of sp³-hybridized carbons (Fsp3) is 0.235. The normalized spacial score (nSPS) is 16.0. The van der Waals surface area contributed by atoms with Gasteiger partial charge in [0.1, 0.15) is 0 Å². The molecule has 0 fully saturated rings. The maximum atomic E-state index is 12.4. The SMILES string of the molecule is COc1cc(C[C@@H]2C(=O)Nc3cc(Cl)ccc32)ccc1OC(F)F. The number of amides is 1. The molecule has 7 heteroatoms. The summed E-state index contributed by atoms with van der Waals surface area (Å²) in [6.45, 7) is -2.93. The van der Waals surface area contributed by atoms with E-state index in [-0.39, 0.29) is 23.3 Å². The van der Waals surface area contributed by atoms with Crippen molar-refractivity contribution in [3.63, 3.8) is 0 Å². The molecule has 1 heterocycles. The monoisotopic (exact) mass is 353 g/mol. The first kappa shape index (κ1) is 16.5. The first-order chi connectivity index (χ1) is 11.5. The van der Waals surface area contributed by atoms with Crippen molar-refractivity contribution >= 4 is 23.2 Å². The number of ether oxygens (including phenoxy) is 2. The van der Waals surface area contributed by atoms with Gasteiger partial charge < -0.3 is 14.8 Å². The van der Waals surface area contributed by atoms with Crippen molar-refractivity contribution in [3.05, 3.63) is 52.5 Å². The van der Waals surface area contributed by atoms with Crippen LogP contribution in [0.15, 0.2) is 36.4 Å². The molecule has 24 heavy (non-hydrogen) atoms. The van der Waals surface area contributed by atoms with Crippen LogP contribution < -0.4 is 14.8 Å². The smallest absolute Gasteiger partial charge is 0.387 e. The zero-order chi connectivity index (χ0) is 17.3. The zero-order valence-corrected chi connectivity index (χ0v) is 13.4. The lowest BCUT2D eigenvalue weighted by Gasteiger charge is -2.13. The highest BCUT2D eigenvalue weighted by Crippen LogP contribution is 2.38. The number of carbonyl (C=O) groups excluding carboxylic acids is 1. The number of fused-ring (bicyclic) bond motifs is 1. The predicted octanol–water partition coefficient (Wildman–Crippen LogP) is 4.23. The van der Waals surface area contributed by atoms with E-state index in [9.17, 15) is 13.6 Å². The van der Waals surface area contributed by atoms with Crippen LogP contribution >= 0.6 is 11.6 Å². The Morgan fingerprint density at radius 1 is 1.21 bits per heavy atom. The molecule has 0 saturated carbocycles. The Hall–Kier alpha value is -2.34. The van der Waals surface area contributed by atoms with Gasteiger partial charge in [-0.3, -0.25) is 4.79 Å². The van der Waals surface area contributed by atoms with Gasteiger partial charge in [-0.15, -0.1) is 0 Å². The fourth-order valence-corrected chi connectivity index (χ4v) is 2.94. The second-order valence-corrected chi connectivity index (χ2v) is 5.78. The van der Waals surface area contributed by atoms with Crippen molar-refractivity contribution < 1.29 is 23.0 Å². The lowest BCUT2D eigenvalue weighted by Crippen LogP contribution is -2.14. The second kappa shape index (κ2) is 6.65. The summed E-state index contributed by atoms with van der Waals surface area (Å²) < 4.78 is 34.2. The van der Waals surface area contributed by atoms with Crippen molar-refractivity contribution in [3.8, 4) is 11.5 Å². The van der Waals surface area contributed by atoms with Crippen LogP contribution in [0, 0.1) is 0 Å². The summed E-state index contributed by atoms with van der Waals surface area (Å²) in [4.78, 5) is 12.2. The zero-order valence-electron chi connectivity index (χ0n) is 12.7. The number of hydrogen-bond donors (Lipinski definition) is 1. The minimum Gasteiger partial charge on any atom is -0.493 e. The third kappa shape index (κ3) is 3.28. The molecule has 0 aliphatic carbocycles. The van der Waals surface area contributed by atoms with Crippen molar-refractivity contribution in [2.45, 2.75) is 19.0 Å². The number of nitrogens with one attached hydrogen (secondary N) is 1. The summed E-state index contributed by atoms with van der Waals surface area (Å²) in [6, 6.07) is 9.89. The lowest BCUT2D eigenvalue weighted by molar-refractivity contribution is -0.117. The van der Waals surface area contributed by atoms with Crippen molar-refractivity contribution in [2.75, 3.05) is 12.4 Å². The average molecular weight is 354 g/mol. The molecule has 0 radical (unpaired) electrons. The molecule has 0 saturated heterocycles. The third-order valence-electron chi connectivity index (χ3n) is 3.85. The summed E-state index contributed by atoms with van der Waals surface area (Å²) in [5.41, 5.74) is 2.33. The van der Waals surface area contributed by atoms with E-state index in [0.717, 1.165) is 11.1 Å². The van der Waals surface area contributed by atoms with E-state index in [4.69, 9.17) is 16.3 Å². The van der Waals surface area contributed by atoms with Gasteiger partial charge >= 0.3 is 6.61 Å². The molecular weight excluding hydrogens is 340 g/mol. The summed E-state index contributed by atoms with van der Waals surface area (Å²) >= 11 is 5.93. The highest BCUT2D eigenvalue weighted by atomic mass is 35.5. The van der Waals surface area contributed by atoms with Gasteiger partial charge in [0.05, 0.1) is 13.0 Å². The third-order valence-corrected chi connectivity index (χ3v) is 4.08. The highest BCUT2D eigenvalue weighted by molar-refractivity contribution is 6.31. The number of benzene rings is 2. The lowest BCUT2D eigenvalue weighted by atomic mass is 9.93. The Bertz CT molecular complexity index is 782. The van der Waals surface area contributed by atoms with E-state index in [1.165, 1.54) is 13.2 Å². The molecular formula is C17H14ClF2NO3. The van der Waals surface area contributed by atoms with E-state index >= 15 is 0 Å². The molecule has 3 rings (SSSR count). The Balaban J connectivity index is 1.85. The summed E-state index contributed by atoms with van der Waals surface area (Å²) in [5, 5.41) is 3.34. The van der Waals surface area contributed by atoms with Gasteiger partial charge in [-0.2, -0.15) is 8.78 Å². The molecule has 0 unspecified atom stereocenters. The topological polar surface area (TPSA) is 47.6 Å². The molecule has 0 bridgehead atoms. The molecule has 4 nitrogen and oxygen atoms in total. The van der Waals surface area contributed by atoms with E-state index in [1.807, 2.05) is 6.07 Å². The number of rotatable bonds is 5. The van der Waals surface area contributed by atoms with Gasteiger partial charge in [0.2, 0.25) is 5.91 Å². The van der Waals surface area contributed by atoms with Crippen LogP contribution in [0.25, 0.3) is 0 Å². The Morgan fingerprint density at radius 2 is 2.00 bits per heavy atom. The van der Waals surface area contributed by atoms with Crippen LogP contribution in [0.1, 0.15) is 17.0 Å². The first-order valence-electron chi connectivity index (χ1n) is 7.20. The number of methoxy groups -OCH3 is 1. The molecule has 1 N–H and O–H groups in total. The van der Waals surface area contributed by atoms with Crippen molar-refractivity contribution in [2.24, 2.45) is 0 Å². The quantitative estimate of drug-likeness (QED) is 0.875. The molecule has 0 aromatic heterocycles. The van der Waals surface area contributed by atoms with Crippen LogP contribution in [0.2, 0.25) is 5.02 Å². The number of carbonyl (C=O) groups is 1. The Morgan fingerprint density at radius 3 is 2.71 bits per heavy atom. The van der Waals surface area contributed by atoms with Crippen LogP contribution in [-0.4, -0.2) is 19.6 Å². The number of anilines is 1. The Labute approximate surface area is 142 Å². The molecule has 1 amide bonds. The van der Waals surface area contributed by atoms with Gasteiger partial charge in [0.15, 0.2) is 11.5 Å². The number of hydrogen-bond acceptors (Lipinski definition) is 3. The van der Waals surface area contributed by atoms with Crippen molar-refractivity contribution in [1.82, 2.24) is 0 Å². The van der Waals surface area contributed by atoms with Gasteiger partial charge in [-0.25, -0.2) is 0 Å². The van der Waals surface area contributed by atoms with Crippen LogP contribution in [0.3, 0.4) is 0 Å².